The average Bonchev–Trinajstić information content (AvgIpc) is 2.74. The summed E-state index contributed by atoms with van der Waals surface area (Å²) in [7, 11) is 0. The summed E-state index contributed by atoms with van der Waals surface area (Å²) in [5, 5.41) is 0. The fourth-order valence-electron chi connectivity index (χ4n) is 4.79. The molecule has 0 bridgehead atoms. The summed E-state index contributed by atoms with van der Waals surface area (Å²) < 4.78 is 18.5. The molecule has 33 heavy (non-hydrogen) atoms. The molecule has 0 spiro atoms. The fraction of sp³-hybridized carbons (Fsp3) is 0.462. The first-order valence-electron chi connectivity index (χ1n) is 11.5. The first-order valence-corrected chi connectivity index (χ1v) is 11.5. The first-order chi connectivity index (χ1) is 15.6. The molecule has 1 aliphatic rings. The monoisotopic (exact) mass is 455 g/mol. The fourth-order valence-corrected chi connectivity index (χ4v) is 4.79. The molecule has 1 heterocycles. The van der Waals surface area contributed by atoms with E-state index in [0.29, 0.717) is 12.0 Å². The van der Waals surface area contributed by atoms with Gasteiger partial charge < -0.3 is 21.1 Å². The Balaban J connectivity index is 1.62. The molecular weight excluding hydrogens is 421 g/mol. The lowest BCUT2D eigenvalue weighted by Crippen LogP contribution is -2.42. The minimum atomic E-state index is -0.772. The van der Waals surface area contributed by atoms with Crippen LogP contribution in [0.2, 0.25) is 0 Å². The molecule has 0 saturated carbocycles. The Hall–Kier alpha value is -2.93. The highest BCUT2D eigenvalue weighted by Gasteiger charge is 2.31. The van der Waals surface area contributed by atoms with Crippen molar-refractivity contribution in [2.75, 3.05) is 25.4 Å². The van der Waals surface area contributed by atoms with Crippen molar-refractivity contribution in [3.63, 3.8) is 0 Å². The van der Waals surface area contributed by atoms with Crippen LogP contribution in [0, 0.1) is 17.7 Å². The third-order valence-electron chi connectivity index (χ3n) is 6.26. The average molecular weight is 456 g/mol. The van der Waals surface area contributed by atoms with Crippen molar-refractivity contribution in [1.29, 1.82) is 0 Å². The second kappa shape index (κ2) is 10.8. The van der Waals surface area contributed by atoms with Crippen molar-refractivity contribution in [3.05, 3.63) is 65.5 Å². The Labute approximate surface area is 195 Å². The van der Waals surface area contributed by atoms with Gasteiger partial charge in [0, 0.05) is 23.7 Å². The summed E-state index contributed by atoms with van der Waals surface area (Å²) in [4.78, 5) is 26.5. The Morgan fingerprint density at radius 3 is 2.27 bits per heavy atom. The van der Waals surface area contributed by atoms with Gasteiger partial charge in [-0.05, 0) is 100 Å². The van der Waals surface area contributed by atoms with E-state index in [1.165, 1.54) is 17.7 Å². The van der Waals surface area contributed by atoms with Gasteiger partial charge in [-0.25, -0.2) is 9.18 Å². The van der Waals surface area contributed by atoms with Crippen LogP contribution in [0.25, 0.3) is 0 Å². The van der Waals surface area contributed by atoms with Crippen LogP contribution in [0.15, 0.2) is 48.5 Å². The number of piperidine rings is 1. The maximum absolute atomic E-state index is 13.2. The number of carbonyl (C=O) groups excluding carboxylic acids is 2. The number of hydrogen-bond acceptors (Lipinski definition) is 5. The number of amides is 1. The first kappa shape index (κ1) is 24.7. The maximum Gasteiger partial charge on any atom is 0.405 e. The van der Waals surface area contributed by atoms with Crippen molar-refractivity contribution in [2.24, 2.45) is 17.6 Å². The van der Waals surface area contributed by atoms with Crippen LogP contribution in [0.4, 0.5) is 14.9 Å². The van der Waals surface area contributed by atoms with Crippen LogP contribution in [-0.4, -0.2) is 42.0 Å². The van der Waals surface area contributed by atoms with E-state index in [0.717, 1.165) is 44.6 Å². The summed E-state index contributed by atoms with van der Waals surface area (Å²) in [6.45, 7) is 6.20. The summed E-state index contributed by atoms with van der Waals surface area (Å²) in [6, 6.07) is 13.6. The van der Waals surface area contributed by atoms with Gasteiger partial charge in [-0.2, -0.15) is 0 Å². The number of nitrogens with zero attached hydrogens (tertiary/aromatic N) is 1. The molecule has 2 aromatic rings. The molecule has 1 atom stereocenters. The normalized spacial score (nSPS) is 16.3. The van der Waals surface area contributed by atoms with Crippen LogP contribution in [-0.2, 0) is 11.2 Å². The van der Waals surface area contributed by atoms with Gasteiger partial charge in [0.25, 0.3) is 0 Å². The van der Waals surface area contributed by atoms with Gasteiger partial charge >= 0.3 is 6.09 Å². The Morgan fingerprint density at radius 2 is 1.70 bits per heavy atom. The number of Topliss-reactive ketones (excluding diaryl/α,β-unsaturated/α-hetero) is 1. The summed E-state index contributed by atoms with van der Waals surface area (Å²) in [5.74, 6) is -0.0648. The zero-order valence-corrected chi connectivity index (χ0v) is 19.4. The Kier molecular flexibility index (Phi) is 8.08. The predicted octanol–water partition coefficient (Wildman–Crippen LogP) is 4.43. The van der Waals surface area contributed by atoms with E-state index in [1.807, 2.05) is 38.1 Å². The van der Waals surface area contributed by atoms with E-state index in [4.69, 9.17) is 16.2 Å². The standard InChI is InChI=1S/C26H34FN3O3/c1-26(2,33-25(29)32)16-19(15-18-3-9-23(28)10-4-18)17-30-13-11-21(12-14-30)24(31)20-5-7-22(27)8-6-20/h3-10,19,21H,11-17,28H2,1-2H3,(H2,29,32)/t19-/m1/s1. The molecule has 0 aliphatic carbocycles. The zero-order valence-electron chi connectivity index (χ0n) is 19.4. The number of likely N-dealkylation sites (tertiary alicyclic amines) is 1. The molecule has 7 heteroatoms. The van der Waals surface area contributed by atoms with Gasteiger partial charge in [-0.1, -0.05) is 12.1 Å². The Bertz CT molecular complexity index is 936. The number of carbonyl (C=O) groups is 2. The van der Waals surface area contributed by atoms with E-state index < -0.39 is 11.7 Å². The van der Waals surface area contributed by atoms with E-state index in [-0.39, 0.29) is 23.4 Å². The quantitative estimate of drug-likeness (QED) is 0.431. The summed E-state index contributed by atoms with van der Waals surface area (Å²) in [5.41, 5.74) is 12.9. The second-order valence-electron chi connectivity index (χ2n) is 9.64. The highest BCUT2D eigenvalue weighted by molar-refractivity contribution is 5.97. The van der Waals surface area contributed by atoms with E-state index in [1.54, 1.807) is 12.1 Å². The zero-order chi connectivity index (χ0) is 24.0. The minimum Gasteiger partial charge on any atom is -0.444 e. The number of nitrogen functional groups attached to an aromatic ring is 1. The molecule has 178 valence electrons. The van der Waals surface area contributed by atoms with Crippen molar-refractivity contribution in [2.45, 2.75) is 45.1 Å². The van der Waals surface area contributed by atoms with Crippen LogP contribution in [0.5, 0.6) is 0 Å². The minimum absolute atomic E-state index is 0.0445. The highest BCUT2D eigenvalue weighted by Crippen LogP contribution is 2.28. The van der Waals surface area contributed by atoms with Crippen LogP contribution in [0.1, 0.15) is 49.0 Å². The summed E-state index contributed by atoms with van der Waals surface area (Å²) in [6.07, 6.45) is 2.25. The third kappa shape index (κ3) is 7.56. The molecule has 1 fully saturated rings. The van der Waals surface area contributed by atoms with Crippen LogP contribution >= 0.6 is 0 Å². The molecule has 4 N–H and O–H groups in total. The van der Waals surface area contributed by atoms with Crippen LogP contribution in [0.3, 0.4) is 0 Å². The number of nitrogens with two attached hydrogens (primary N) is 2. The lowest BCUT2D eigenvalue weighted by Gasteiger charge is -2.36. The smallest absolute Gasteiger partial charge is 0.405 e. The molecule has 0 radical (unpaired) electrons. The topological polar surface area (TPSA) is 98.7 Å². The third-order valence-corrected chi connectivity index (χ3v) is 6.26. The molecule has 1 aliphatic heterocycles. The van der Waals surface area contributed by atoms with Crippen molar-refractivity contribution in [1.82, 2.24) is 4.90 Å². The van der Waals surface area contributed by atoms with Gasteiger partial charge in [0.15, 0.2) is 5.78 Å². The van der Waals surface area contributed by atoms with Crippen molar-refractivity contribution >= 4 is 17.6 Å². The van der Waals surface area contributed by atoms with Crippen molar-refractivity contribution in [3.8, 4) is 0 Å². The lowest BCUT2D eigenvalue weighted by molar-refractivity contribution is 0.0200. The van der Waals surface area contributed by atoms with Gasteiger partial charge in [0.1, 0.15) is 11.4 Å². The van der Waals surface area contributed by atoms with E-state index >= 15 is 0 Å². The van der Waals surface area contributed by atoms with E-state index in [2.05, 4.69) is 4.90 Å². The number of ether oxygens (including phenoxy) is 1. The number of hydrogen-bond donors (Lipinski definition) is 2. The number of rotatable bonds is 9. The number of anilines is 1. The lowest BCUT2D eigenvalue weighted by atomic mass is 9.85. The molecule has 2 aromatic carbocycles. The van der Waals surface area contributed by atoms with E-state index in [9.17, 15) is 14.0 Å². The molecule has 0 aromatic heterocycles. The summed E-state index contributed by atoms with van der Waals surface area (Å²) >= 11 is 0. The van der Waals surface area contributed by atoms with Gasteiger partial charge in [-0.3, -0.25) is 4.79 Å². The van der Waals surface area contributed by atoms with Crippen molar-refractivity contribution < 1.29 is 18.7 Å². The molecule has 3 rings (SSSR count). The van der Waals surface area contributed by atoms with Gasteiger partial charge in [-0.15, -0.1) is 0 Å². The predicted molar refractivity (Wildman–Crippen MR) is 127 cm³/mol. The molecule has 1 amide bonds. The van der Waals surface area contributed by atoms with Crippen LogP contribution < -0.4 is 11.5 Å². The second-order valence-corrected chi connectivity index (χ2v) is 9.64. The number of primary amides is 1. The largest absolute Gasteiger partial charge is 0.444 e. The van der Waals surface area contributed by atoms with Gasteiger partial charge in [0.05, 0.1) is 0 Å². The molecular formula is C26H34FN3O3. The Morgan fingerprint density at radius 1 is 1.09 bits per heavy atom. The SMILES string of the molecule is CC(C)(C[C@@H](Cc1ccc(N)cc1)CN1CCC(C(=O)c2ccc(F)cc2)CC1)OC(N)=O. The maximum atomic E-state index is 13.2. The van der Waals surface area contributed by atoms with Gasteiger partial charge in [0.2, 0.25) is 0 Å². The number of ketones is 1. The molecule has 1 saturated heterocycles. The number of benzene rings is 2. The molecule has 0 unspecified atom stereocenters. The molecule has 6 nitrogen and oxygen atoms in total. The highest BCUT2D eigenvalue weighted by atomic mass is 19.1. The number of halogens is 1.